The second-order valence-corrected chi connectivity index (χ2v) is 6.58. The van der Waals surface area contributed by atoms with Gasteiger partial charge in [0.25, 0.3) is 0 Å². The molecule has 0 spiro atoms. The van der Waals surface area contributed by atoms with Crippen molar-refractivity contribution in [2.75, 3.05) is 31.7 Å². The molecule has 0 unspecified atom stereocenters. The van der Waals surface area contributed by atoms with E-state index in [0.29, 0.717) is 20.8 Å². The van der Waals surface area contributed by atoms with Gasteiger partial charge in [-0.05, 0) is 56.8 Å². The Kier molecular flexibility index (Phi) is 10.2. The Labute approximate surface area is 150 Å². The van der Waals surface area contributed by atoms with Crippen LogP contribution in [0.1, 0.15) is 12.8 Å². The Balaban J connectivity index is 2.62. The molecular formula is C15H22ClFN4S2. The van der Waals surface area contributed by atoms with Crippen LogP contribution >= 0.6 is 35.3 Å². The third-order valence-corrected chi connectivity index (χ3v) is 4.71. The second kappa shape index (κ2) is 11.6. The number of unbranched alkanes of at least 4 members (excludes halogenated alkanes) is 1. The van der Waals surface area contributed by atoms with Crippen LogP contribution in [0.2, 0.25) is 5.02 Å². The molecule has 0 aliphatic heterocycles. The van der Waals surface area contributed by atoms with E-state index in [-0.39, 0.29) is 5.82 Å². The highest BCUT2D eigenvalue weighted by Crippen LogP contribution is 2.30. The van der Waals surface area contributed by atoms with Gasteiger partial charge in [0, 0.05) is 12.7 Å². The molecule has 0 aliphatic rings. The van der Waals surface area contributed by atoms with E-state index < -0.39 is 0 Å². The summed E-state index contributed by atoms with van der Waals surface area (Å²) in [6.45, 7) is 5.26. The number of nitrogens with zero attached hydrogens (tertiary/aromatic N) is 1. The molecule has 8 heteroatoms. The van der Waals surface area contributed by atoms with E-state index in [4.69, 9.17) is 11.6 Å². The van der Waals surface area contributed by atoms with Crippen molar-refractivity contribution in [3.8, 4) is 0 Å². The van der Waals surface area contributed by atoms with E-state index >= 15 is 0 Å². The fraction of sp³-hybridized carbons (Fsp3) is 0.400. The van der Waals surface area contributed by atoms with Gasteiger partial charge >= 0.3 is 0 Å². The summed E-state index contributed by atoms with van der Waals surface area (Å²) in [7, 11) is 1.92. The molecule has 0 fully saturated rings. The maximum Gasteiger partial charge on any atom is 0.171 e. The molecule has 0 bridgehead atoms. The van der Waals surface area contributed by atoms with Gasteiger partial charge in [0.2, 0.25) is 0 Å². The molecule has 0 atom stereocenters. The molecule has 0 radical (unpaired) electrons. The zero-order valence-corrected chi connectivity index (χ0v) is 15.7. The molecule has 0 amide bonds. The number of rotatable bonds is 9. The quantitative estimate of drug-likeness (QED) is 0.259. The Bertz CT molecular complexity index is 540. The van der Waals surface area contributed by atoms with Gasteiger partial charge in [0.15, 0.2) is 5.17 Å². The lowest BCUT2D eigenvalue weighted by molar-refractivity contribution is 0.602. The van der Waals surface area contributed by atoms with Crippen molar-refractivity contribution in [3.63, 3.8) is 0 Å². The van der Waals surface area contributed by atoms with Crippen molar-refractivity contribution in [1.82, 2.24) is 10.0 Å². The van der Waals surface area contributed by atoms with Gasteiger partial charge in [-0.15, -0.1) is 0 Å². The molecule has 3 N–H and O–H groups in total. The van der Waals surface area contributed by atoms with Crippen LogP contribution in [0, 0.1) is 5.82 Å². The summed E-state index contributed by atoms with van der Waals surface area (Å²) < 4.78 is 17.1. The normalized spacial score (nSPS) is 11.4. The van der Waals surface area contributed by atoms with E-state index in [9.17, 15) is 4.39 Å². The van der Waals surface area contributed by atoms with E-state index in [1.54, 1.807) is 6.07 Å². The van der Waals surface area contributed by atoms with Crippen LogP contribution in [0.4, 0.5) is 10.1 Å². The first-order chi connectivity index (χ1) is 11.1. The van der Waals surface area contributed by atoms with Gasteiger partial charge in [0.1, 0.15) is 5.82 Å². The molecule has 0 saturated carbocycles. The van der Waals surface area contributed by atoms with E-state index in [1.807, 2.05) is 13.3 Å². The Morgan fingerprint density at radius 3 is 2.78 bits per heavy atom. The lowest BCUT2D eigenvalue weighted by Crippen LogP contribution is -2.11. The van der Waals surface area contributed by atoms with Gasteiger partial charge in [-0.25, -0.2) is 9.38 Å². The molecule has 0 saturated heterocycles. The van der Waals surface area contributed by atoms with Crippen LogP contribution in [0.3, 0.4) is 0 Å². The number of aliphatic imine (C=N–C) groups is 1. The Morgan fingerprint density at radius 2 is 2.13 bits per heavy atom. The van der Waals surface area contributed by atoms with Crippen LogP contribution in [0.25, 0.3) is 0 Å². The smallest absolute Gasteiger partial charge is 0.171 e. The number of thioether (sulfide) groups is 1. The second-order valence-electron chi connectivity index (χ2n) is 4.52. The monoisotopic (exact) mass is 376 g/mol. The first-order valence-corrected chi connectivity index (χ1v) is 9.57. The Hall–Kier alpha value is -0.890. The fourth-order valence-electron chi connectivity index (χ4n) is 1.69. The van der Waals surface area contributed by atoms with E-state index in [0.717, 1.165) is 37.9 Å². The third-order valence-electron chi connectivity index (χ3n) is 2.84. The predicted molar refractivity (Wildman–Crippen MR) is 103 cm³/mol. The number of hydrogen-bond acceptors (Lipinski definition) is 5. The summed E-state index contributed by atoms with van der Waals surface area (Å²) in [4.78, 5) is 4.45. The summed E-state index contributed by atoms with van der Waals surface area (Å²) >= 11 is 8.77. The highest BCUT2D eigenvalue weighted by molar-refractivity contribution is 8.14. The minimum absolute atomic E-state index is 0.330. The van der Waals surface area contributed by atoms with Crippen LogP contribution < -0.4 is 15.4 Å². The number of hydrogen-bond donors (Lipinski definition) is 3. The molecule has 1 rings (SSSR count). The van der Waals surface area contributed by atoms with Crippen LogP contribution in [-0.4, -0.2) is 31.6 Å². The van der Waals surface area contributed by atoms with E-state index in [1.165, 1.54) is 24.0 Å². The highest BCUT2D eigenvalue weighted by Gasteiger charge is 2.10. The van der Waals surface area contributed by atoms with E-state index in [2.05, 4.69) is 26.9 Å². The van der Waals surface area contributed by atoms with Crippen molar-refractivity contribution < 1.29 is 4.39 Å². The number of halogens is 2. The summed E-state index contributed by atoms with van der Waals surface area (Å²) in [5.41, 5.74) is 0.614. The highest BCUT2D eigenvalue weighted by atomic mass is 35.5. The van der Waals surface area contributed by atoms with Gasteiger partial charge in [0.05, 0.1) is 15.6 Å². The third kappa shape index (κ3) is 7.48. The number of benzene rings is 1. The topological polar surface area (TPSA) is 48.5 Å². The molecule has 23 heavy (non-hydrogen) atoms. The van der Waals surface area contributed by atoms with Gasteiger partial charge in [-0.3, -0.25) is 0 Å². The summed E-state index contributed by atoms with van der Waals surface area (Å²) in [6.07, 6.45) is 5.36. The average molecular weight is 377 g/mol. The lowest BCUT2D eigenvalue weighted by atomic mass is 10.2. The SMILES string of the molecule is C=CN=C(NSc1cc(Cl)c(NCCCCNC)cc1F)SC. The van der Waals surface area contributed by atoms with Crippen molar-refractivity contribution in [1.29, 1.82) is 0 Å². The van der Waals surface area contributed by atoms with Crippen LogP contribution in [0.15, 0.2) is 34.8 Å². The minimum Gasteiger partial charge on any atom is -0.384 e. The van der Waals surface area contributed by atoms with Crippen LogP contribution in [0.5, 0.6) is 0 Å². The first kappa shape index (κ1) is 20.2. The van der Waals surface area contributed by atoms with Crippen molar-refractivity contribution in [3.05, 3.63) is 35.8 Å². The molecule has 0 aromatic heterocycles. The summed E-state index contributed by atoms with van der Waals surface area (Å²) in [5.74, 6) is -0.330. The van der Waals surface area contributed by atoms with Crippen LogP contribution in [-0.2, 0) is 0 Å². The molecular weight excluding hydrogens is 355 g/mol. The maximum atomic E-state index is 14.2. The van der Waals surface area contributed by atoms with Gasteiger partial charge < -0.3 is 15.4 Å². The molecule has 1 aromatic carbocycles. The zero-order chi connectivity index (χ0) is 17.1. The van der Waals surface area contributed by atoms with Gasteiger partial charge in [-0.1, -0.05) is 29.9 Å². The largest absolute Gasteiger partial charge is 0.384 e. The van der Waals surface area contributed by atoms with Crippen molar-refractivity contribution in [2.45, 2.75) is 17.7 Å². The molecule has 0 aliphatic carbocycles. The fourth-order valence-corrected chi connectivity index (χ4v) is 3.21. The number of nitrogens with one attached hydrogen (secondary N) is 3. The Morgan fingerprint density at radius 1 is 1.39 bits per heavy atom. The molecule has 0 heterocycles. The standard InChI is InChI=1S/C15H22ClFN4S2/c1-4-19-15(22-3)21-23-14-9-11(16)13(10-12(14)17)20-8-6-5-7-18-2/h4,9-10,18,20H,1,5-8H2,2-3H3,(H,19,21). The summed E-state index contributed by atoms with van der Waals surface area (Å²) in [5, 5.41) is 7.40. The average Bonchev–Trinajstić information content (AvgIpc) is 2.54. The molecule has 1 aromatic rings. The lowest BCUT2D eigenvalue weighted by Gasteiger charge is -2.12. The zero-order valence-electron chi connectivity index (χ0n) is 13.3. The summed E-state index contributed by atoms with van der Waals surface area (Å²) in [6, 6.07) is 3.03. The van der Waals surface area contributed by atoms with Crippen molar-refractivity contribution in [2.24, 2.45) is 4.99 Å². The molecule has 128 valence electrons. The predicted octanol–water partition coefficient (Wildman–Crippen LogP) is 4.35. The maximum absolute atomic E-state index is 14.2. The van der Waals surface area contributed by atoms with Gasteiger partial charge in [-0.2, -0.15) is 0 Å². The number of amidine groups is 1. The first-order valence-electron chi connectivity index (χ1n) is 7.15. The minimum atomic E-state index is -0.330. The number of anilines is 1. The van der Waals surface area contributed by atoms with Crippen molar-refractivity contribution >= 4 is 46.2 Å². The molecule has 4 nitrogen and oxygen atoms in total.